The Morgan fingerprint density at radius 2 is 0.231 bits per heavy atom. The first-order chi connectivity index (χ1) is 32.4. The Morgan fingerprint density at radius 3 is 0.369 bits per heavy atom. The third kappa shape index (κ3) is 63.5. The third-order valence-corrected chi connectivity index (χ3v) is 11.1. The van der Waals surface area contributed by atoms with Crippen molar-refractivity contribution in [2.24, 2.45) is 0 Å². The highest BCUT2D eigenvalue weighted by atomic mass is 16.6. The molecule has 0 radical (unpaired) electrons. The highest BCUT2D eigenvalue weighted by Crippen LogP contribution is 2.14. The summed E-state index contributed by atoms with van der Waals surface area (Å²) < 4.78 is 66.9. The standard InChI is InChI=1S/C53H108O12/c1-3-5-7-9-11-13-15-16-17-18-19-21-23-25-27-29-31-55-33-35-57-37-39-59-41-43-61-45-47-63-49-51-65-53-52-64-50-48-62-46-44-60-42-40-58-38-36-56-34-32-54-30-28-26-24-22-20-14-12-10-8-6-4-2/h3-53H2,1-2H3. The van der Waals surface area contributed by atoms with Gasteiger partial charge in [-0.15, -0.1) is 0 Å². The average Bonchev–Trinajstić information content (AvgIpc) is 3.32. The van der Waals surface area contributed by atoms with Crippen LogP contribution in [0.4, 0.5) is 0 Å². The van der Waals surface area contributed by atoms with E-state index >= 15 is 0 Å². The fourth-order valence-electron chi connectivity index (χ4n) is 7.14. The minimum Gasteiger partial charge on any atom is -0.379 e. The molecular formula is C53H108O12. The van der Waals surface area contributed by atoms with Gasteiger partial charge in [-0.05, 0) is 12.8 Å². The predicted molar refractivity (Wildman–Crippen MR) is 266 cm³/mol. The molecule has 0 heterocycles. The zero-order valence-electron chi connectivity index (χ0n) is 43.0. The van der Waals surface area contributed by atoms with Crippen molar-refractivity contribution in [3.05, 3.63) is 0 Å². The lowest BCUT2D eigenvalue weighted by molar-refractivity contribution is -0.0284. The SMILES string of the molecule is CCCCCCCCCCCCCCCCCCOCCOCCOCCOCCOCCOCCOCCOCCOCCOCCOCCOCCCCCCCCCCCCC. The molecule has 12 nitrogen and oxygen atoms in total. The lowest BCUT2D eigenvalue weighted by atomic mass is 10.0. The van der Waals surface area contributed by atoms with E-state index in [2.05, 4.69) is 13.8 Å². The summed E-state index contributed by atoms with van der Waals surface area (Å²) in [5.74, 6) is 0. The lowest BCUT2D eigenvalue weighted by Crippen LogP contribution is -2.15. The maximum absolute atomic E-state index is 5.71. The van der Waals surface area contributed by atoms with Gasteiger partial charge < -0.3 is 56.8 Å². The van der Waals surface area contributed by atoms with E-state index in [0.717, 1.165) is 26.1 Å². The minimum atomic E-state index is 0.523. The maximum Gasteiger partial charge on any atom is 0.0701 e. The molecule has 0 aromatic rings. The third-order valence-electron chi connectivity index (χ3n) is 11.1. The van der Waals surface area contributed by atoms with Crippen molar-refractivity contribution in [1.29, 1.82) is 0 Å². The number of hydrogen-bond acceptors (Lipinski definition) is 12. The van der Waals surface area contributed by atoms with Gasteiger partial charge in [-0.25, -0.2) is 0 Å². The highest BCUT2D eigenvalue weighted by Gasteiger charge is 1.99. The van der Waals surface area contributed by atoms with Crippen molar-refractivity contribution in [3.63, 3.8) is 0 Å². The normalized spacial score (nSPS) is 11.7. The lowest BCUT2D eigenvalue weighted by Gasteiger charge is -2.09. The van der Waals surface area contributed by atoms with Crippen molar-refractivity contribution in [2.75, 3.05) is 159 Å². The molecule has 392 valence electrons. The second kappa shape index (κ2) is 63.5. The predicted octanol–water partition coefficient (Wildman–Crippen LogP) is 11.8. The van der Waals surface area contributed by atoms with Crippen LogP contribution in [0.1, 0.15) is 187 Å². The van der Waals surface area contributed by atoms with Crippen molar-refractivity contribution in [1.82, 2.24) is 0 Å². The van der Waals surface area contributed by atoms with Crippen LogP contribution in [-0.2, 0) is 56.8 Å². The first kappa shape index (κ1) is 64.5. The Labute approximate surface area is 401 Å². The fraction of sp³-hybridized carbons (Fsp3) is 1.00. The van der Waals surface area contributed by atoms with Gasteiger partial charge in [0.25, 0.3) is 0 Å². The molecule has 0 aromatic carbocycles. The summed E-state index contributed by atoms with van der Waals surface area (Å²) in [5.41, 5.74) is 0. The molecule has 0 spiro atoms. The van der Waals surface area contributed by atoms with Crippen LogP contribution in [0, 0.1) is 0 Å². The van der Waals surface area contributed by atoms with Gasteiger partial charge in [0.1, 0.15) is 0 Å². The number of hydrogen-bond donors (Lipinski definition) is 0. The van der Waals surface area contributed by atoms with Gasteiger partial charge in [0, 0.05) is 13.2 Å². The fourth-order valence-corrected chi connectivity index (χ4v) is 7.14. The summed E-state index contributed by atoms with van der Waals surface area (Å²) in [5, 5.41) is 0. The molecule has 0 saturated heterocycles. The molecule has 0 atom stereocenters. The van der Waals surface area contributed by atoms with Gasteiger partial charge in [-0.1, -0.05) is 174 Å². The summed E-state index contributed by atoms with van der Waals surface area (Å²) >= 11 is 0. The second-order valence-corrected chi connectivity index (χ2v) is 17.2. The van der Waals surface area contributed by atoms with Crippen molar-refractivity contribution >= 4 is 0 Å². The molecule has 65 heavy (non-hydrogen) atoms. The summed E-state index contributed by atoms with van der Waals surface area (Å²) in [6, 6.07) is 0. The van der Waals surface area contributed by atoms with E-state index in [1.54, 1.807) is 0 Å². The molecule has 0 aliphatic heterocycles. The Hall–Kier alpha value is -0.480. The molecule has 0 amide bonds. The molecule has 0 N–H and O–H groups in total. The molecule has 0 aliphatic rings. The number of ether oxygens (including phenoxy) is 12. The van der Waals surface area contributed by atoms with Gasteiger partial charge in [-0.3, -0.25) is 0 Å². The number of rotatable bonds is 62. The Morgan fingerprint density at radius 1 is 0.123 bits per heavy atom. The Kier molecular flexibility index (Phi) is 63.1. The molecule has 0 bridgehead atoms. The van der Waals surface area contributed by atoms with Crippen molar-refractivity contribution in [3.8, 4) is 0 Å². The molecule has 0 aromatic heterocycles. The molecule has 0 saturated carbocycles. The van der Waals surface area contributed by atoms with E-state index in [0.29, 0.717) is 145 Å². The van der Waals surface area contributed by atoms with E-state index in [1.165, 1.54) is 161 Å². The van der Waals surface area contributed by atoms with Gasteiger partial charge in [0.2, 0.25) is 0 Å². The van der Waals surface area contributed by atoms with Gasteiger partial charge in [0.05, 0.1) is 145 Å². The van der Waals surface area contributed by atoms with Crippen LogP contribution < -0.4 is 0 Å². The monoisotopic (exact) mass is 937 g/mol. The summed E-state index contributed by atoms with van der Waals surface area (Å²) in [7, 11) is 0. The summed E-state index contributed by atoms with van der Waals surface area (Å²) in [4.78, 5) is 0. The van der Waals surface area contributed by atoms with Gasteiger partial charge in [0.15, 0.2) is 0 Å². The van der Waals surface area contributed by atoms with Crippen LogP contribution in [0.5, 0.6) is 0 Å². The van der Waals surface area contributed by atoms with Crippen molar-refractivity contribution < 1.29 is 56.8 Å². The smallest absolute Gasteiger partial charge is 0.0701 e. The average molecular weight is 937 g/mol. The van der Waals surface area contributed by atoms with Crippen LogP contribution in [0.25, 0.3) is 0 Å². The topological polar surface area (TPSA) is 111 Å². The Balaban J connectivity index is 3.06. The minimum absolute atomic E-state index is 0.523. The van der Waals surface area contributed by atoms with Crippen LogP contribution in [0.15, 0.2) is 0 Å². The molecule has 0 aliphatic carbocycles. The van der Waals surface area contributed by atoms with Crippen molar-refractivity contribution in [2.45, 2.75) is 187 Å². The van der Waals surface area contributed by atoms with Crippen LogP contribution in [-0.4, -0.2) is 159 Å². The van der Waals surface area contributed by atoms with Crippen LogP contribution in [0.3, 0.4) is 0 Å². The zero-order valence-corrected chi connectivity index (χ0v) is 43.0. The molecule has 12 heteroatoms. The van der Waals surface area contributed by atoms with E-state index in [-0.39, 0.29) is 0 Å². The zero-order chi connectivity index (χ0) is 46.5. The first-order valence-corrected chi connectivity index (χ1v) is 27.3. The quantitative estimate of drug-likeness (QED) is 0.0541. The van der Waals surface area contributed by atoms with Gasteiger partial charge in [-0.2, -0.15) is 0 Å². The van der Waals surface area contributed by atoms with E-state index in [4.69, 9.17) is 56.8 Å². The Bertz CT molecular complexity index is 736. The first-order valence-electron chi connectivity index (χ1n) is 27.3. The van der Waals surface area contributed by atoms with E-state index in [1.807, 2.05) is 0 Å². The number of unbranched alkanes of at least 4 members (excludes halogenated alkanes) is 25. The van der Waals surface area contributed by atoms with E-state index in [9.17, 15) is 0 Å². The second-order valence-electron chi connectivity index (χ2n) is 17.2. The highest BCUT2D eigenvalue weighted by molar-refractivity contribution is 4.51. The van der Waals surface area contributed by atoms with Crippen LogP contribution >= 0.6 is 0 Å². The van der Waals surface area contributed by atoms with E-state index < -0.39 is 0 Å². The molecule has 0 fully saturated rings. The molecule has 0 unspecified atom stereocenters. The molecule has 0 rings (SSSR count). The summed E-state index contributed by atoms with van der Waals surface area (Å²) in [6.45, 7) is 18.5. The van der Waals surface area contributed by atoms with Gasteiger partial charge >= 0.3 is 0 Å². The van der Waals surface area contributed by atoms with Crippen LogP contribution in [0.2, 0.25) is 0 Å². The molecular weight excluding hydrogens is 829 g/mol. The summed E-state index contributed by atoms with van der Waals surface area (Å²) in [6.07, 6.45) is 37.1. The largest absolute Gasteiger partial charge is 0.379 e. The maximum atomic E-state index is 5.71.